The lowest BCUT2D eigenvalue weighted by Crippen LogP contribution is -2.40. The van der Waals surface area contributed by atoms with E-state index in [-0.39, 0.29) is 6.03 Å². The van der Waals surface area contributed by atoms with E-state index in [9.17, 15) is 4.79 Å². The van der Waals surface area contributed by atoms with Crippen molar-refractivity contribution in [1.29, 1.82) is 0 Å². The first-order valence-corrected chi connectivity index (χ1v) is 5.89. The number of urea groups is 1. The Kier molecular flexibility index (Phi) is 3.46. The third-order valence-corrected chi connectivity index (χ3v) is 3.65. The highest BCUT2D eigenvalue weighted by Crippen LogP contribution is 2.29. The highest BCUT2D eigenvalue weighted by molar-refractivity contribution is 5.71. The van der Waals surface area contributed by atoms with Crippen LogP contribution in [0.2, 0.25) is 0 Å². The summed E-state index contributed by atoms with van der Waals surface area (Å²) in [4.78, 5) is 13.0. The number of likely N-dealkylation sites (tertiary alicyclic amines) is 1. The second-order valence-electron chi connectivity index (χ2n) is 4.66. The molecule has 0 bridgehead atoms. The minimum Gasteiger partial charge on any atom is -0.381 e. The van der Waals surface area contributed by atoms with Crippen LogP contribution in [0.15, 0.2) is 0 Å². The zero-order valence-electron chi connectivity index (χ0n) is 9.15. The van der Waals surface area contributed by atoms with E-state index in [1.54, 1.807) is 4.90 Å². The average Bonchev–Trinajstić information content (AvgIpc) is 2.62. The Hall–Kier alpha value is -0.770. The number of carbonyl (C=O) groups is 1. The Morgan fingerprint density at radius 1 is 1.27 bits per heavy atom. The molecule has 2 N–H and O–H groups in total. The molecular formula is C11H20N2O2. The van der Waals surface area contributed by atoms with Crippen LogP contribution in [0.5, 0.6) is 0 Å². The summed E-state index contributed by atoms with van der Waals surface area (Å²) in [7, 11) is 0. The van der Waals surface area contributed by atoms with Gasteiger partial charge in [0.1, 0.15) is 0 Å². The fourth-order valence-corrected chi connectivity index (χ4v) is 2.68. The Morgan fingerprint density at radius 3 is 2.80 bits per heavy atom. The summed E-state index contributed by atoms with van der Waals surface area (Å²) in [5, 5.41) is 0. The third kappa shape index (κ3) is 2.62. The molecule has 2 heterocycles. The van der Waals surface area contributed by atoms with Crippen LogP contribution in [0.3, 0.4) is 0 Å². The van der Waals surface area contributed by atoms with Crippen molar-refractivity contribution in [3.8, 4) is 0 Å². The molecule has 86 valence electrons. The molecule has 4 heteroatoms. The average molecular weight is 212 g/mol. The van der Waals surface area contributed by atoms with Crippen LogP contribution in [0.25, 0.3) is 0 Å². The largest absolute Gasteiger partial charge is 0.381 e. The lowest BCUT2D eigenvalue weighted by molar-refractivity contribution is 0.156. The van der Waals surface area contributed by atoms with Crippen molar-refractivity contribution in [2.24, 2.45) is 17.6 Å². The first-order chi connectivity index (χ1) is 7.27. The molecule has 4 nitrogen and oxygen atoms in total. The fourth-order valence-electron chi connectivity index (χ4n) is 2.68. The van der Waals surface area contributed by atoms with Crippen molar-refractivity contribution in [3.63, 3.8) is 0 Å². The molecule has 15 heavy (non-hydrogen) atoms. The number of rotatable bonds is 1. The lowest BCUT2D eigenvalue weighted by atomic mass is 9.88. The summed E-state index contributed by atoms with van der Waals surface area (Å²) in [6.07, 6.45) is 4.67. The predicted molar refractivity (Wildman–Crippen MR) is 57.4 cm³/mol. The standard InChI is InChI=1S/C11H20N2O2/c12-11(14)13-5-2-1-3-9(7-13)10-4-6-15-8-10/h9-10H,1-8H2,(H2,12,14). The normalized spacial score (nSPS) is 32.7. The summed E-state index contributed by atoms with van der Waals surface area (Å²) in [6.45, 7) is 3.43. The van der Waals surface area contributed by atoms with Crippen LogP contribution in [0.1, 0.15) is 25.7 Å². The van der Waals surface area contributed by atoms with E-state index in [1.165, 1.54) is 12.8 Å². The number of primary amides is 1. The van der Waals surface area contributed by atoms with Gasteiger partial charge in [-0.1, -0.05) is 6.42 Å². The molecule has 0 saturated carbocycles. The SMILES string of the molecule is NC(=O)N1CCCCC(C2CCOC2)C1. The van der Waals surface area contributed by atoms with Crippen molar-refractivity contribution >= 4 is 6.03 Å². The highest BCUT2D eigenvalue weighted by atomic mass is 16.5. The summed E-state index contributed by atoms with van der Waals surface area (Å²) >= 11 is 0. The molecule has 0 aromatic rings. The van der Waals surface area contributed by atoms with Crippen molar-refractivity contribution in [1.82, 2.24) is 4.90 Å². The van der Waals surface area contributed by atoms with Gasteiger partial charge in [-0.3, -0.25) is 0 Å². The molecule has 2 unspecified atom stereocenters. The molecule has 0 aromatic carbocycles. The zero-order chi connectivity index (χ0) is 10.7. The van der Waals surface area contributed by atoms with Crippen molar-refractivity contribution < 1.29 is 9.53 Å². The van der Waals surface area contributed by atoms with Crippen molar-refractivity contribution in [3.05, 3.63) is 0 Å². The summed E-state index contributed by atoms with van der Waals surface area (Å²) in [6, 6.07) is -0.263. The second-order valence-corrected chi connectivity index (χ2v) is 4.66. The molecule has 2 atom stereocenters. The minimum absolute atomic E-state index is 0.263. The number of hydrogen-bond acceptors (Lipinski definition) is 2. The smallest absolute Gasteiger partial charge is 0.314 e. The van der Waals surface area contributed by atoms with Gasteiger partial charge in [0.25, 0.3) is 0 Å². The maximum absolute atomic E-state index is 11.2. The van der Waals surface area contributed by atoms with E-state index in [4.69, 9.17) is 10.5 Å². The monoisotopic (exact) mass is 212 g/mol. The topological polar surface area (TPSA) is 55.6 Å². The number of ether oxygens (including phenoxy) is 1. The van der Waals surface area contributed by atoms with Gasteiger partial charge >= 0.3 is 6.03 Å². The van der Waals surface area contributed by atoms with Gasteiger partial charge in [0.15, 0.2) is 0 Å². The zero-order valence-corrected chi connectivity index (χ0v) is 9.15. The summed E-state index contributed by atoms with van der Waals surface area (Å²) in [5.74, 6) is 1.24. The van der Waals surface area contributed by atoms with Gasteiger partial charge in [0.2, 0.25) is 0 Å². The molecule has 2 fully saturated rings. The van der Waals surface area contributed by atoms with Crippen molar-refractivity contribution in [2.45, 2.75) is 25.7 Å². The van der Waals surface area contributed by atoms with E-state index in [2.05, 4.69) is 0 Å². The fraction of sp³-hybridized carbons (Fsp3) is 0.909. The lowest BCUT2D eigenvalue weighted by Gasteiger charge is -2.26. The van der Waals surface area contributed by atoms with Gasteiger partial charge in [-0.25, -0.2) is 4.79 Å². The highest BCUT2D eigenvalue weighted by Gasteiger charge is 2.29. The van der Waals surface area contributed by atoms with Crippen LogP contribution in [0.4, 0.5) is 4.79 Å². The van der Waals surface area contributed by atoms with Crippen molar-refractivity contribution in [2.75, 3.05) is 26.3 Å². The van der Waals surface area contributed by atoms with E-state index in [0.29, 0.717) is 11.8 Å². The number of nitrogens with two attached hydrogens (primary N) is 1. The Balaban J connectivity index is 1.94. The number of carbonyl (C=O) groups excluding carboxylic acids is 1. The number of nitrogens with zero attached hydrogens (tertiary/aromatic N) is 1. The second kappa shape index (κ2) is 4.84. The van der Waals surface area contributed by atoms with Gasteiger partial charge in [-0.2, -0.15) is 0 Å². The molecule has 0 aromatic heterocycles. The van der Waals surface area contributed by atoms with Crippen LogP contribution in [-0.4, -0.2) is 37.2 Å². The van der Waals surface area contributed by atoms with Gasteiger partial charge in [-0.05, 0) is 31.1 Å². The first kappa shape index (κ1) is 10.7. The Morgan fingerprint density at radius 2 is 2.13 bits per heavy atom. The Bertz CT molecular complexity index is 227. The van der Waals surface area contributed by atoms with Gasteiger partial charge in [0.05, 0.1) is 0 Å². The molecule has 0 radical (unpaired) electrons. The van der Waals surface area contributed by atoms with Gasteiger partial charge in [-0.15, -0.1) is 0 Å². The van der Waals surface area contributed by atoms with E-state index in [1.807, 2.05) is 0 Å². The maximum Gasteiger partial charge on any atom is 0.314 e. The van der Waals surface area contributed by atoms with Crippen LogP contribution < -0.4 is 5.73 Å². The third-order valence-electron chi connectivity index (χ3n) is 3.65. The van der Waals surface area contributed by atoms with E-state index in [0.717, 1.165) is 39.1 Å². The molecule has 0 aliphatic carbocycles. The van der Waals surface area contributed by atoms with E-state index >= 15 is 0 Å². The quantitative estimate of drug-likeness (QED) is 0.710. The summed E-state index contributed by atoms with van der Waals surface area (Å²) in [5.41, 5.74) is 5.35. The molecule has 2 saturated heterocycles. The first-order valence-electron chi connectivity index (χ1n) is 5.89. The van der Waals surface area contributed by atoms with Crippen LogP contribution in [0, 0.1) is 11.8 Å². The molecule has 2 aliphatic rings. The number of hydrogen-bond donors (Lipinski definition) is 1. The molecule has 0 spiro atoms. The number of amides is 2. The molecule has 2 amide bonds. The van der Waals surface area contributed by atoms with Crippen LogP contribution >= 0.6 is 0 Å². The van der Waals surface area contributed by atoms with Crippen LogP contribution in [-0.2, 0) is 4.74 Å². The van der Waals surface area contributed by atoms with E-state index < -0.39 is 0 Å². The van der Waals surface area contributed by atoms with Gasteiger partial charge in [0, 0.05) is 26.3 Å². The maximum atomic E-state index is 11.2. The molecule has 2 aliphatic heterocycles. The Labute approximate surface area is 90.8 Å². The molecular weight excluding hydrogens is 192 g/mol. The minimum atomic E-state index is -0.263. The predicted octanol–water partition coefficient (Wildman–Crippen LogP) is 1.20. The summed E-state index contributed by atoms with van der Waals surface area (Å²) < 4.78 is 5.41. The molecule has 2 rings (SSSR count). The van der Waals surface area contributed by atoms with Gasteiger partial charge < -0.3 is 15.4 Å².